The third-order valence-electron chi connectivity index (χ3n) is 3.53. The molecule has 14 heavy (non-hydrogen) atoms. The first kappa shape index (κ1) is 12.0. The first-order chi connectivity index (χ1) is 6.49. The van der Waals surface area contributed by atoms with Crippen molar-refractivity contribution in [2.24, 2.45) is 0 Å². The SMILES string of the molecule is CN([C@@H]1CCCC[C@H]1O)C(C)(C)CO. The van der Waals surface area contributed by atoms with E-state index in [-0.39, 0.29) is 24.3 Å². The van der Waals surface area contributed by atoms with Crippen molar-refractivity contribution >= 4 is 0 Å². The summed E-state index contributed by atoms with van der Waals surface area (Å²) in [6, 6.07) is 0.214. The maximum Gasteiger partial charge on any atom is 0.0695 e. The van der Waals surface area contributed by atoms with E-state index in [1.165, 1.54) is 6.42 Å². The van der Waals surface area contributed by atoms with Crippen molar-refractivity contribution in [3.63, 3.8) is 0 Å². The number of nitrogens with zero attached hydrogens (tertiary/aromatic N) is 1. The summed E-state index contributed by atoms with van der Waals surface area (Å²) < 4.78 is 0. The average Bonchev–Trinajstić information content (AvgIpc) is 2.17. The lowest BCUT2D eigenvalue weighted by atomic mass is 9.88. The molecule has 0 amide bonds. The smallest absolute Gasteiger partial charge is 0.0695 e. The number of hydrogen-bond acceptors (Lipinski definition) is 3. The van der Waals surface area contributed by atoms with E-state index in [2.05, 4.69) is 4.90 Å². The number of hydrogen-bond donors (Lipinski definition) is 2. The van der Waals surface area contributed by atoms with Crippen LogP contribution in [0.3, 0.4) is 0 Å². The highest BCUT2D eigenvalue weighted by Gasteiger charge is 2.34. The van der Waals surface area contributed by atoms with Gasteiger partial charge in [0.2, 0.25) is 0 Å². The van der Waals surface area contributed by atoms with Crippen LogP contribution in [0.1, 0.15) is 39.5 Å². The van der Waals surface area contributed by atoms with Crippen LogP contribution in [0.2, 0.25) is 0 Å². The molecule has 0 aromatic carbocycles. The van der Waals surface area contributed by atoms with Crippen LogP contribution in [-0.4, -0.2) is 46.5 Å². The van der Waals surface area contributed by atoms with E-state index in [0.717, 1.165) is 19.3 Å². The summed E-state index contributed by atoms with van der Waals surface area (Å²) in [5.41, 5.74) is -0.233. The van der Waals surface area contributed by atoms with E-state index in [9.17, 15) is 10.2 Å². The Morgan fingerprint density at radius 1 is 1.29 bits per heavy atom. The lowest BCUT2D eigenvalue weighted by Crippen LogP contribution is -2.54. The fourth-order valence-corrected chi connectivity index (χ4v) is 2.10. The van der Waals surface area contributed by atoms with Crippen molar-refractivity contribution in [1.29, 1.82) is 0 Å². The van der Waals surface area contributed by atoms with Gasteiger partial charge in [-0.3, -0.25) is 4.90 Å². The third kappa shape index (κ3) is 2.47. The predicted molar refractivity (Wildman–Crippen MR) is 57.2 cm³/mol. The fraction of sp³-hybridized carbons (Fsp3) is 1.00. The summed E-state index contributed by atoms with van der Waals surface area (Å²) in [6.45, 7) is 4.15. The van der Waals surface area contributed by atoms with Gasteiger partial charge < -0.3 is 10.2 Å². The van der Waals surface area contributed by atoms with Gasteiger partial charge in [0.15, 0.2) is 0 Å². The van der Waals surface area contributed by atoms with E-state index in [1.54, 1.807) is 0 Å². The molecule has 0 aromatic heterocycles. The number of aliphatic hydroxyl groups excluding tert-OH is 2. The molecular weight excluding hydrogens is 178 g/mol. The first-order valence-corrected chi connectivity index (χ1v) is 5.51. The molecule has 3 heteroatoms. The largest absolute Gasteiger partial charge is 0.394 e. The zero-order valence-corrected chi connectivity index (χ0v) is 9.53. The highest BCUT2D eigenvalue weighted by atomic mass is 16.3. The number of aliphatic hydroxyl groups is 2. The summed E-state index contributed by atoms with van der Waals surface area (Å²) >= 11 is 0. The molecule has 0 saturated heterocycles. The van der Waals surface area contributed by atoms with E-state index in [1.807, 2.05) is 20.9 Å². The van der Waals surface area contributed by atoms with Gasteiger partial charge in [0.1, 0.15) is 0 Å². The van der Waals surface area contributed by atoms with Crippen LogP contribution in [-0.2, 0) is 0 Å². The van der Waals surface area contributed by atoms with Gasteiger partial charge in [-0.2, -0.15) is 0 Å². The zero-order valence-electron chi connectivity index (χ0n) is 9.53. The van der Waals surface area contributed by atoms with Crippen molar-refractivity contribution in [3.8, 4) is 0 Å². The quantitative estimate of drug-likeness (QED) is 0.716. The van der Waals surface area contributed by atoms with Gasteiger partial charge >= 0.3 is 0 Å². The Kier molecular flexibility index (Phi) is 3.93. The summed E-state index contributed by atoms with van der Waals surface area (Å²) in [6.07, 6.45) is 4.04. The minimum absolute atomic E-state index is 0.132. The van der Waals surface area contributed by atoms with Crippen molar-refractivity contribution in [1.82, 2.24) is 4.90 Å². The van der Waals surface area contributed by atoms with Crippen LogP contribution >= 0.6 is 0 Å². The van der Waals surface area contributed by atoms with Gasteiger partial charge in [-0.15, -0.1) is 0 Å². The molecule has 0 aliphatic heterocycles. The summed E-state index contributed by atoms with van der Waals surface area (Å²) in [4.78, 5) is 2.12. The second kappa shape index (κ2) is 4.60. The Balaban J connectivity index is 2.62. The van der Waals surface area contributed by atoms with Crippen LogP contribution in [0.5, 0.6) is 0 Å². The number of likely N-dealkylation sites (N-methyl/N-ethyl adjacent to an activating group) is 1. The van der Waals surface area contributed by atoms with E-state index in [4.69, 9.17) is 0 Å². The fourth-order valence-electron chi connectivity index (χ4n) is 2.10. The molecule has 1 fully saturated rings. The van der Waals surface area contributed by atoms with Gasteiger partial charge in [-0.25, -0.2) is 0 Å². The molecule has 2 atom stereocenters. The third-order valence-corrected chi connectivity index (χ3v) is 3.53. The zero-order chi connectivity index (χ0) is 10.8. The molecule has 1 aliphatic carbocycles. The van der Waals surface area contributed by atoms with Crippen molar-refractivity contribution in [2.75, 3.05) is 13.7 Å². The molecule has 0 spiro atoms. The Labute approximate surface area is 86.7 Å². The van der Waals surface area contributed by atoms with Gasteiger partial charge in [-0.05, 0) is 33.7 Å². The minimum atomic E-state index is -0.233. The predicted octanol–water partition coefficient (Wildman–Crippen LogP) is 0.993. The molecule has 1 rings (SSSR count). The first-order valence-electron chi connectivity index (χ1n) is 5.51. The second-order valence-electron chi connectivity index (χ2n) is 5.00. The monoisotopic (exact) mass is 201 g/mol. The van der Waals surface area contributed by atoms with E-state index < -0.39 is 0 Å². The molecule has 0 aromatic rings. The highest BCUT2D eigenvalue weighted by Crippen LogP contribution is 2.26. The summed E-state index contributed by atoms with van der Waals surface area (Å²) in [5, 5.41) is 19.1. The van der Waals surface area contributed by atoms with Gasteiger partial charge in [0, 0.05) is 11.6 Å². The highest BCUT2D eigenvalue weighted by molar-refractivity contribution is 4.89. The second-order valence-corrected chi connectivity index (χ2v) is 5.00. The van der Waals surface area contributed by atoms with Gasteiger partial charge in [-0.1, -0.05) is 12.8 Å². The summed E-state index contributed by atoms with van der Waals surface area (Å²) in [5.74, 6) is 0. The Bertz CT molecular complexity index is 182. The lowest BCUT2D eigenvalue weighted by molar-refractivity contribution is -0.0308. The standard InChI is InChI=1S/C11H23NO2/c1-11(2,8-13)12(3)9-6-4-5-7-10(9)14/h9-10,13-14H,4-8H2,1-3H3/t9-,10-/m1/s1. The molecule has 0 unspecified atom stereocenters. The van der Waals surface area contributed by atoms with Crippen LogP contribution in [0.4, 0.5) is 0 Å². The van der Waals surface area contributed by atoms with Crippen molar-refractivity contribution < 1.29 is 10.2 Å². The molecule has 2 N–H and O–H groups in total. The molecule has 1 aliphatic rings. The Morgan fingerprint density at radius 2 is 1.86 bits per heavy atom. The molecular formula is C11H23NO2. The lowest BCUT2D eigenvalue weighted by Gasteiger charge is -2.43. The van der Waals surface area contributed by atoms with Crippen LogP contribution in [0.15, 0.2) is 0 Å². The maximum atomic E-state index is 9.87. The molecule has 0 radical (unpaired) electrons. The topological polar surface area (TPSA) is 43.7 Å². The Hall–Kier alpha value is -0.120. The molecule has 3 nitrogen and oxygen atoms in total. The van der Waals surface area contributed by atoms with E-state index in [0.29, 0.717) is 0 Å². The normalized spacial score (nSPS) is 29.6. The average molecular weight is 201 g/mol. The van der Waals surface area contributed by atoms with Crippen molar-refractivity contribution in [2.45, 2.75) is 57.2 Å². The van der Waals surface area contributed by atoms with Crippen LogP contribution in [0.25, 0.3) is 0 Å². The molecule has 84 valence electrons. The molecule has 0 heterocycles. The van der Waals surface area contributed by atoms with E-state index >= 15 is 0 Å². The Morgan fingerprint density at radius 3 is 2.36 bits per heavy atom. The van der Waals surface area contributed by atoms with Gasteiger partial charge in [0.05, 0.1) is 12.7 Å². The van der Waals surface area contributed by atoms with Crippen molar-refractivity contribution in [3.05, 3.63) is 0 Å². The molecule has 1 saturated carbocycles. The molecule has 0 bridgehead atoms. The maximum absolute atomic E-state index is 9.87. The number of rotatable bonds is 3. The van der Waals surface area contributed by atoms with Crippen LogP contribution in [0, 0.1) is 0 Å². The summed E-state index contributed by atoms with van der Waals surface area (Å²) in [7, 11) is 2.00. The van der Waals surface area contributed by atoms with Gasteiger partial charge in [0.25, 0.3) is 0 Å². The minimum Gasteiger partial charge on any atom is -0.394 e. The van der Waals surface area contributed by atoms with Crippen LogP contribution < -0.4 is 0 Å².